The zero-order chi connectivity index (χ0) is 60.1. The smallest absolute Gasteiger partial charge is 0.306 e. The second kappa shape index (κ2) is 54.8. The molecule has 0 saturated carbocycles. The van der Waals surface area contributed by atoms with Gasteiger partial charge in [0.25, 0.3) is 0 Å². The zero-order valence-corrected chi connectivity index (χ0v) is 52.2. The van der Waals surface area contributed by atoms with Gasteiger partial charge in [-0.2, -0.15) is 0 Å². The van der Waals surface area contributed by atoms with Gasteiger partial charge in [-0.1, -0.05) is 241 Å². The minimum Gasteiger partial charge on any atom is -0.457 e. The third-order valence-electron chi connectivity index (χ3n) is 15.7. The molecule has 0 spiro atoms. The third kappa shape index (κ3) is 40.5. The molecule has 14 heteroatoms. The van der Waals surface area contributed by atoms with Crippen LogP contribution < -0.4 is 0 Å². The molecule has 14 nitrogen and oxygen atoms in total. The molecule has 83 heavy (non-hydrogen) atoms. The van der Waals surface area contributed by atoms with Crippen molar-refractivity contribution in [1.82, 2.24) is 0 Å². The van der Waals surface area contributed by atoms with Crippen LogP contribution in [-0.4, -0.2) is 142 Å². The van der Waals surface area contributed by atoms with Crippen molar-refractivity contribution in [2.75, 3.05) is 33.0 Å². The fourth-order valence-corrected chi connectivity index (χ4v) is 10.4. The molecule has 2 aliphatic rings. The topological polar surface area (TPSA) is 214 Å². The Bertz CT molecular complexity index is 1650. The number of ether oxygens (including phenoxy) is 6. The van der Waals surface area contributed by atoms with Crippen molar-refractivity contribution < 1.29 is 69.0 Å². The highest BCUT2D eigenvalue weighted by Crippen LogP contribution is 2.27. The number of carbonyl (C=O) groups is 1. The molecule has 2 rings (SSSR count). The minimum atomic E-state index is -1.71. The Balaban J connectivity index is 1.66. The van der Waals surface area contributed by atoms with Crippen LogP contribution in [-0.2, 0) is 33.2 Å². The maximum absolute atomic E-state index is 13.1. The van der Waals surface area contributed by atoms with Gasteiger partial charge in [0.05, 0.1) is 26.4 Å². The van der Waals surface area contributed by atoms with Crippen molar-refractivity contribution in [3.63, 3.8) is 0 Å². The first-order chi connectivity index (χ1) is 40.6. The van der Waals surface area contributed by atoms with Gasteiger partial charge in [-0.15, -0.1) is 0 Å². The van der Waals surface area contributed by atoms with E-state index in [2.05, 4.69) is 86.8 Å². The highest BCUT2D eigenvalue weighted by atomic mass is 16.7. The van der Waals surface area contributed by atoms with E-state index in [-0.39, 0.29) is 25.6 Å². The second-order valence-electron chi connectivity index (χ2n) is 23.3. The summed E-state index contributed by atoms with van der Waals surface area (Å²) in [5.41, 5.74) is 0. The normalized spacial score (nSPS) is 23.9. The van der Waals surface area contributed by atoms with Gasteiger partial charge in [0.2, 0.25) is 0 Å². The van der Waals surface area contributed by atoms with Gasteiger partial charge in [-0.3, -0.25) is 4.79 Å². The second-order valence-corrected chi connectivity index (χ2v) is 23.3. The minimum absolute atomic E-state index is 0.0565. The van der Waals surface area contributed by atoms with E-state index in [0.29, 0.717) is 13.0 Å². The average molecular weight is 1180 g/mol. The maximum Gasteiger partial charge on any atom is 0.306 e. The average Bonchev–Trinajstić information content (AvgIpc) is 3.69. The van der Waals surface area contributed by atoms with Gasteiger partial charge in [0.15, 0.2) is 12.6 Å². The Kier molecular flexibility index (Phi) is 50.5. The molecule has 2 fully saturated rings. The van der Waals surface area contributed by atoms with Crippen LogP contribution in [0.5, 0.6) is 0 Å². The number of aliphatic hydroxyl groups is 7. The van der Waals surface area contributed by atoms with Gasteiger partial charge in [0, 0.05) is 13.0 Å². The van der Waals surface area contributed by atoms with Crippen LogP contribution in [0.2, 0.25) is 0 Å². The quantitative estimate of drug-likeness (QED) is 0.0171. The lowest BCUT2D eigenvalue weighted by Gasteiger charge is -2.42. The van der Waals surface area contributed by atoms with Gasteiger partial charge in [0.1, 0.15) is 54.9 Å². The third-order valence-corrected chi connectivity index (χ3v) is 15.7. The first kappa shape index (κ1) is 76.5. The van der Waals surface area contributed by atoms with Crippen LogP contribution >= 0.6 is 0 Å². The SMILES string of the molecule is CC/C=C\C/C=C\C/C=C\C/C=C\C/C=C\CCCCCCCCCCCCOCC(COC1OC(COC2OC(CO)C(O)C(O)C2O)C(O)C(O)C1O)OC(=O)CCCCCCCCCCCCC/C=C\CCCCCCCCCC. The fourth-order valence-electron chi connectivity index (χ4n) is 10.4. The number of rotatable bonds is 55. The first-order valence-corrected chi connectivity index (χ1v) is 33.5. The Hall–Kier alpha value is -2.57. The van der Waals surface area contributed by atoms with Crippen LogP contribution in [0.1, 0.15) is 258 Å². The maximum atomic E-state index is 13.1. The van der Waals surface area contributed by atoms with E-state index in [1.54, 1.807) is 0 Å². The highest BCUT2D eigenvalue weighted by molar-refractivity contribution is 5.69. The Labute approximate surface area is 504 Å². The molecule has 0 bridgehead atoms. The summed E-state index contributed by atoms with van der Waals surface area (Å²) in [4.78, 5) is 13.1. The lowest BCUT2D eigenvalue weighted by molar-refractivity contribution is -0.332. The van der Waals surface area contributed by atoms with Crippen LogP contribution in [0, 0.1) is 0 Å². The molecule has 0 aromatic rings. The number of carbonyl (C=O) groups excluding carboxylic acids is 1. The summed E-state index contributed by atoms with van der Waals surface area (Å²) < 4.78 is 34.5. The molecule has 2 heterocycles. The van der Waals surface area contributed by atoms with Crippen molar-refractivity contribution in [3.8, 4) is 0 Å². The molecule has 0 aliphatic carbocycles. The van der Waals surface area contributed by atoms with E-state index in [4.69, 9.17) is 28.4 Å². The van der Waals surface area contributed by atoms with Crippen molar-refractivity contribution in [1.29, 1.82) is 0 Å². The summed E-state index contributed by atoms with van der Waals surface area (Å²) in [6.07, 6.45) is 55.4. The molecular formula is C69H122O14. The molecule has 11 unspecified atom stereocenters. The van der Waals surface area contributed by atoms with Crippen molar-refractivity contribution in [2.45, 2.75) is 325 Å². The predicted octanol–water partition coefficient (Wildman–Crippen LogP) is 13.8. The van der Waals surface area contributed by atoms with Crippen LogP contribution in [0.15, 0.2) is 72.9 Å². The van der Waals surface area contributed by atoms with Crippen molar-refractivity contribution in [3.05, 3.63) is 72.9 Å². The van der Waals surface area contributed by atoms with Gasteiger partial charge in [-0.05, 0) is 83.5 Å². The van der Waals surface area contributed by atoms with Crippen LogP contribution in [0.4, 0.5) is 0 Å². The van der Waals surface area contributed by atoms with E-state index < -0.39 is 80.7 Å². The Morgan fingerprint density at radius 2 is 0.783 bits per heavy atom. The number of unbranched alkanes of at least 4 members (excludes halogenated alkanes) is 29. The molecule has 0 amide bonds. The standard InChI is InChI=1S/C69H122O14/c1-3-5-7-9-11-13-15-17-19-21-23-25-27-28-29-31-33-35-37-39-41-43-45-47-49-51-53-78-55-58(56-79-68-67(77)65(75)63(73)60(83-68)57-80-69-66(76)64(74)62(72)59(54-70)82-69)81-61(71)52-50-48-46-44-42-40-38-36-34-32-30-26-24-22-20-18-16-14-12-10-8-6-4-2/h5,7,11,13,17,19,22-25,28-29,58-60,62-70,72-77H,3-4,6,8-10,12,14-16,18,20-21,26-27,30-57H2,1-2H3/b7-5-,13-11-,19-17-,24-22-,25-23-,29-28-. The lowest BCUT2D eigenvalue weighted by Crippen LogP contribution is -2.61. The van der Waals surface area contributed by atoms with E-state index in [9.17, 15) is 40.5 Å². The van der Waals surface area contributed by atoms with Crippen molar-refractivity contribution >= 4 is 5.97 Å². The molecule has 11 atom stereocenters. The molecule has 7 N–H and O–H groups in total. The summed E-state index contributed by atoms with van der Waals surface area (Å²) in [6.45, 7) is 3.60. The van der Waals surface area contributed by atoms with Gasteiger partial charge < -0.3 is 64.2 Å². The number of aliphatic hydroxyl groups excluding tert-OH is 7. The van der Waals surface area contributed by atoms with Crippen molar-refractivity contribution in [2.24, 2.45) is 0 Å². The van der Waals surface area contributed by atoms with Crippen LogP contribution in [0.3, 0.4) is 0 Å². The Morgan fingerprint density at radius 1 is 0.410 bits per heavy atom. The number of esters is 1. The van der Waals surface area contributed by atoms with Gasteiger partial charge in [-0.25, -0.2) is 0 Å². The molecular weight excluding hydrogens is 1050 g/mol. The number of allylic oxidation sites excluding steroid dienone is 12. The van der Waals surface area contributed by atoms with E-state index in [0.717, 1.165) is 77.0 Å². The highest BCUT2D eigenvalue weighted by Gasteiger charge is 2.47. The number of hydrogen-bond acceptors (Lipinski definition) is 14. The molecule has 2 aliphatic heterocycles. The monoisotopic (exact) mass is 1170 g/mol. The first-order valence-electron chi connectivity index (χ1n) is 33.5. The molecule has 2 saturated heterocycles. The zero-order valence-electron chi connectivity index (χ0n) is 52.2. The summed E-state index contributed by atoms with van der Waals surface area (Å²) in [5.74, 6) is -0.377. The Morgan fingerprint density at radius 3 is 1.24 bits per heavy atom. The summed E-state index contributed by atoms with van der Waals surface area (Å²) in [5, 5.41) is 72.6. The van der Waals surface area contributed by atoms with Gasteiger partial charge >= 0.3 is 5.97 Å². The molecule has 0 radical (unpaired) electrons. The van der Waals surface area contributed by atoms with E-state index in [1.807, 2.05) is 0 Å². The molecule has 0 aromatic heterocycles. The summed E-state index contributed by atoms with van der Waals surface area (Å²) in [7, 11) is 0. The fraction of sp³-hybridized carbons (Fsp3) is 0.812. The molecule has 0 aromatic carbocycles. The molecule has 482 valence electrons. The van der Waals surface area contributed by atoms with E-state index in [1.165, 1.54) is 154 Å². The lowest BCUT2D eigenvalue weighted by atomic mass is 9.98. The van der Waals surface area contributed by atoms with E-state index >= 15 is 0 Å². The van der Waals surface area contributed by atoms with Crippen LogP contribution in [0.25, 0.3) is 0 Å². The largest absolute Gasteiger partial charge is 0.457 e. The summed E-state index contributed by atoms with van der Waals surface area (Å²) >= 11 is 0. The predicted molar refractivity (Wildman–Crippen MR) is 335 cm³/mol. The summed E-state index contributed by atoms with van der Waals surface area (Å²) in [6, 6.07) is 0. The number of hydrogen-bond donors (Lipinski definition) is 7.